The first-order valence-electron chi connectivity index (χ1n) is 7.28. The van der Waals surface area contributed by atoms with E-state index in [0.29, 0.717) is 6.54 Å². The number of carbonyl (C=O) groups is 2. The van der Waals surface area contributed by atoms with Crippen LogP contribution < -0.4 is 16.0 Å². The molecule has 1 aromatic rings. The van der Waals surface area contributed by atoms with E-state index in [9.17, 15) is 9.59 Å². The van der Waals surface area contributed by atoms with E-state index in [4.69, 9.17) is 0 Å². The van der Waals surface area contributed by atoms with Crippen molar-refractivity contribution in [2.24, 2.45) is 0 Å². The van der Waals surface area contributed by atoms with Gasteiger partial charge in [0.2, 0.25) is 11.8 Å². The Hall–Kier alpha value is -1.88. The summed E-state index contributed by atoms with van der Waals surface area (Å²) in [5, 5.41) is 8.74. The summed E-state index contributed by atoms with van der Waals surface area (Å²) < 4.78 is 0. The molecule has 0 bridgehead atoms. The predicted octanol–water partition coefficient (Wildman–Crippen LogP) is 1.29. The molecule has 0 saturated heterocycles. The monoisotopic (exact) mass is 291 g/mol. The van der Waals surface area contributed by atoms with Gasteiger partial charge >= 0.3 is 0 Å². The van der Waals surface area contributed by atoms with Crippen molar-refractivity contribution < 1.29 is 9.59 Å². The summed E-state index contributed by atoms with van der Waals surface area (Å²) >= 11 is 0. The van der Waals surface area contributed by atoms with Crippen molar-refractivity contribution in [2.45, 2.75) is 32.7 Å². The third kappa shape index (κ3) is 6.90. The van der Waals surface area contributed by atoms with Crippen LogP contribution in [0.2, 0.25) is 0 Å². The van der Waals surface area contributed by atoms with Gasteiger partial charge in [0.15, 0.2) is 0 Å². The van der Waals surface area contributed by atoms with Gasteiger partial charge in [-0.2, -0.15) is 0 Å². The maximum absolute atomic E-state index is 12.0. The Bertz CT molecular complexity index is 457. The quantitative estimate of drug-likeness (QED) is 0.632. The summed E-state index contributed by atoms with van der Waals surface area (Å²) in [6, 6.07) is 7.57. The van der Waals surface area contributed by atoms with E-state index in [-0.39, 0.29) is 24.3 Å². The Morgan fingerprint density at radius 2 is 1.81 bits per heavy atom. The molecule has 21 heavy (non-hydrogen) atoms. The van der Waals surface area contributed by atoms with Crippen LogP contribution in [0.1, 0.15) is 36.9 Å². The van der Waals surface area contributed by atoms with Crippen LogP contribution in [0.25, 0.3) is 0 Å². The number of aryl methyl sites for hydroxylation is 1. The molecule has 116 valence electrons. The molecule has 1 atom stereocenters. The van der Waals surface area contributed by atoms with Crippen LogP contribution in [0.5, 0.6) is 0 Å². The average Bonchev–Trinajstić information content (AvgIpc) is 2.43. The summed E-state index contributed by atoms with van der Waals surface area (Å²) in [4.78, 5) is 23.3. The van der Waals surface area contributed by atoms with Gasteiger partial charge in [0, 0.05) is 13.5 Å². The maximum Gasteiger partial charge on any atom is 0.222 e. The summed E-state index contributed by atoms with van der Waals surface area (Å²) in [6.45, 7) is 4.98. The number of hydrogen-bond acceptors (Lipinski definition) is 3. The van der Waals surface area contributed by atoms with Crippen molar-refractivity contribution in [2.75, 3.05) is 20.1 Å². The highest BCUT2D eigenvalue weighted by molar-refractivity contribution is 5.79. The second-order valence-electron chi connectivity index (χ2n) is 5.17. The molecule has 0 spiro atoms. The highest BCUT2D eigenvalue weighted by Gasteiger charge is 2.16. The van der Waals surface area contributed by atoms with Gasteiger partial charge in [-0.05, 0) is 32.5 Å². The van der Waals surface area contributed by atoms with Gasteiger partial charge in [-0.25, -0.2) is 0 Å². The molecule has 1 unspecified atom stereocenters. The first kappa shape index (κ1) is 17.2. The summed E-state index contributed by atoms with van der Waals surface area (Å²) in [7, 11) is 1.88. The number of rotatable bonds is 8. The van der Waals surface area contributed by atoms with Gasteiger partial charge < -0.3 is 16.0 Å². The van der Waals surface area contributed by atoms with Crippen LogP contribution in [0.4, 0.5) is 0 Å². The van der Waals surface area contributed by atoms with Crippen molar-refractivity contribution in [1.82, 2.24) is 16.0 Å². The van der Waals surface area contributed by atoms with Crippen LogP contribution >= 0.6 is 0 Å². The smallest absolute Gasteiger partial charge is 0.222 e. The van der Waals surface area contributed by atoms with Crippen molar-refractivity contribution in [1.29, 1.82) is 0 Å². The van der Waals surface area contributed by atoms with Crippen LogP contribution in [0.3, 0.4) is 0 Å². The molecule has 2 amide bonds. The average molecular weight is 291 g/mol. The van der Waals surface area contributed by atoms with Crippen molar-refractivity contribution in [3.05, 3.63) is 35.4 Å². The number of carbonyl (C=O) groups excluding carboxylic acids is 2. The first-order valence-corrected chi connectivity index (χ1v) is 7.28. The van der Waals surface area contributed by atoms with Gasteiger partial charge in [-0.3, -0.25) is 9.59 Å². The molecule has 5 nitrogen and oxygen atoms in total. The van der Waals surface area contributed by atoms with Gasteiger partial charge in [-0.1, -0.05) is 29.8 Å². The molecule has 0 fully saturated rings. The second-order valence-corrected chi connectivity index (χ2v) is 5.17. The normalized spacial score (nSPS) is 11.8. The van der Waals surface area contributed by atoms with E-state index in [2.05, 4.69) is 16.0 Å². The zero-order chi connectivity index (χ0) is 15.7. The van der Waals surface area contributed by atoms with Crippen molar-refractivity contribution in [3.63, 3.8) is 0 Å². The molecular formula is C16H25N3O2. The fraction of sp³-hybridized carbons (Fsp3) is 0.500. The molecule has 0 saturated carbocycles. The minimum Gasteiger partial charge on any atom is -0.356 e. The zero-order valence-corrected chi connectivity index (χ0v) is 13.0. The van der Waals surface area contributed by atoms with Crippen LogP contribution in [0, 0.1) is 6.92 Å². The molecule has 0 aromatic heterocycles. The molecule has 0 radical (unpaired) electrons. The molecule has 0 aliphatic carbocycles. The van der Waals surface area contributed by atoms with Crippen molar-refractivity contribution >= 4 is 11.8 Å². The molecule has 0 aliphatic rings. The largest absolute Gasteiger partial charge is 0.356 e. The van der Waals surface area contributed by atoms with Gasteiger partial charge in [-0.15, -0.1) is 0 Å². The van der Waals surface area contributed by atoms with E-state index < -0.39 is 0 Å². The lowest BCUT2D eigenvalue weighted by molar-refractivity contribution is -0.122. The minimum atomic E-state index is -0.285. The van der Waals surface area contributed by atoms with Crippen LogP contribution in [-0.4, -0.2) is 32.0 Å². The first-order chi connectivity index (χ1) is 10.0. The molecular weight excluding hydrogens is 266 g/mol. The zero-order valence-electron chi connectivity index (χ0n) is 13.0. The molecule has 5 heteroatoms. The maximum atomic E-state index is 12.0. The van der Waals surface area contributed by atoms with E-state index in [1.165, 1.54) is 6.92 Å². The fourth-order valence-corrected chi connectivity index (χ4v) is 2.05. The van der Waals surface area contributed by atoms with Crippen molar-refractivity contribution in [3.8, 4) is 0 Å². The van der Waals surface area contributed by atoms with E-state index in [0.717, 1.165) is 24.1 Å². The molecule has 1 aromatic carbocycles. The molecule has 0 heterocycles. The third-order valence-corrected chi connectivity index (χ3v) is 3.17. The summed E-state index contributed by atoms with van der Waals surface area (Å²) in [5.74, 6) is -0.186. The highest BCUT2D eigenvalue weighted by Crippen LogP contribution is 2.17. The van der Waals surface area contributed by atoms with Crippen LogP contribution in [0.15, 0.2) is 24.3 Å². The van der Waals surface area contributed by atoms with Gasteiger partial charge in [0.1, 0.15) is 0 Å². The standard InChI is InChI=1S/C16H25N3O2/c1-12-5-7-14(8-6-12)15(19-13(2)20)11-16(21)18-10-4-9-17-3/h5-8,15,17H,4,9-11H2,1-3H3,(H,18,21)(H,19,20). The van der Waals surface area contributed by atoms with E-state index in [1.807, 2.05) is 38.2 Å². The van der Waals surface area contributed by atoms with Gasteiger partial charge in [0.25, 0.3) is 0 Å². The van der Waals surface area contributed by atoms with Crippen LogP contribution in [-0.2, 0) is 9.59 Å². The predicted molar refractivity (Wildman–Crippen MR) is 83.9 cm³/mol. The lowest BCUT2D eigenvalue weighted by Crippen LogP contribution is -2.33. The lowest BCUT2D eigenvalue weighted by atomic mass is 10.0. The Balaban J connectivity index is 2.59. The number of hydrogen-bond donors (Lipinski definition) is 3. The Kier molecular flexibility index (Phi) is 7.46. The number of benzene rings is 1. The third-order valence-electron chi connectivity index (χ3n) is 3.17. The topological polar surface area (TPSA) is 70.2 Å². The molecule has 0 aliphatic heterocycles. The summed E-state index contributed by atoms with van der Waals surface area (Å²) in [6.07, 6.45) is 1.14. The number of nitrogens with one attached hydrogen (secondary N) is 3. The van der Waals surface area contributed by atoms with Gasteiger partial charge in [0.05, 0.1) is 12.5 Å². The Morgan fingerprint density at radius 3 is 2.38 bits per heavy atom. The SMILES string of the molecule is CNCCCNC(=O)CC(NC(C)=O)c1ccc(C)cc1. The van der Waals surface area contributed by atoms with E-state index in [1.54, 1.807) is 0 Å². The summed E-state index contributed by atoms with van der Waals surface area (Å²) in [5.41, 5.74) is 2.10. The molecule has 1 rings (SSSR count). The van der Waals surface area contributed by atoms with E-state index >= 15 is 0 Å². The fourth-order valence-electron chi connectivity index (χ4n) is 2.05. The lowest BCUT2D eigenvalue weighted by Gasteiger charge is -2.18. The Labute approximate surface area is 126 Å². The number of amides is 2. The second kappa shape index (κ2) is 9.13. The molecule has 3 N–H and O–H groups in total. The Morgan fingerprint density at radius 1 is 1.14 bits per heavy atom. The minimum absolute atomic E-state index is 0.0505. The highest BCUT2D eigenvalue weighted by atomic mass is 16.2.